The van der Waals surface area contributed by atoms with Crippen LogP contribution in [0.15, 0.2) is 78.9 Å². The fraction of sp³-hybridized carbons (Fsp3) is 0.167. The van der Waals surface area contributed by atoms with Gasteiger partial charge in [0.25, 0.3) is 0 Å². The highest BCUT2D eigenvalue weighted by molar-refractivity contribution is 5.91. The molecule has 0 bridgehead atoms. The molecule has 5 heteroatoms. The van der Waals surface area contributed by atoms with Gasteiger partial charge in [0.05, 0.1) is 5.56 Å². The van der Waals surface area contributed by atoms with E-state index >= 15 is 0 Å². The first kappa shape index (κ1) is 24.3. The number of hydrogen-bond acceptors (Lipinski definition) is 2. The first-order valence-corrected chi connectivity index (χ1v) is 11.6. The number of carbonyl (C=O) groups excluding carboxylic acids is 1. The molecule has 0 aliphatic carbocycles. The molecule has 0 heterocycles. The Hall–Kier alpha value is -3.86. The summed E-state index contributed by atoms with van der Waals surface area (Å²) in [7, 11) is 0. The van der Waals surface area contributed by atoms with E-state index < -0.39 is 23.4 Å². The standard InChI is InChI=1S/C30H25F3O2/c1-3-5-19-6-8-22(9-7-19)25-16-17-27(29(33)28(25)32)35-30(34)23-13-11-21(12-14-23)24-15-10-20(4-2)26(31)18-24/h6-18H,3-5H2,1-2H3. The van der Waals surface area contributed by atoms with Crippen molar-refractivity contribution < 1.29 is 22.7 Å². The van der Waals surface area contributed by atoms with Gasteiger partial charge < -0.3 is 4.74 Å². The normalized spacial score (nSPS) is 10.9. The highest BCUT2D eigenvalue weighted by Gasteiger charge is 2.19. The lowest BCUT2D eigenvalue weighted by Gasteiger charge is -2.10. The molecule has 0 aromatic heterocycles. The molecule has 0 aliphatic heterocycles. The van der Waals surface area contributed by atoms with E-state index in [4.69, 9.17) is 4.74 Å². The number of halogens is 3. The second kappa shape index (κ2) is 10.6. The molecule has 178 valence electrons. The van der Waals surface area contributed by atoms with E-state index in [0.717, 1.165) is 24.0 Å². The Balaban J connectivity index is 1.50. The van der Waals surface area contributed by atoms with Gasteiger partial charge in [-0.15, -0.1) is 0 Å². The average molecular weight is 475 g/mol. The number of hydrogen-bond donors (Lipinski definition) is 0. The van der Waals surface area contributed by atoms with Crippen LogP contribution in [0.5, 0.6) is 5.75 Å². The third kappa shape index (κ3) is 5.29. The third-order valence-electron chi connectivity index (χ3n) is 5.94. The van der Waals surface area contributed by atoms with Gasteiger partial charge in [-0.05, 0) is 71.0 Å². The van der Waals surface area contributed by atoms with Gasteiger partial charge in [-0.2, -0.15) is 4.39 Å². The molecule has 4 rings (SSSR count). The van der Waals surface area contributed by atoms with Crippen LogP contribution in [-0.4, -0.2) is 5.97 Å². The fourth-order valence-electron chi connectivity index (χ4n) is 3.94. The van der Waals surface area contributed by atoms with E-state index in [-0.39, 0.29) is 16.9 Å². The van der Waals surface area contributed by atoms with Crippen molar-refractivity contribution in [2.45, 2.75) is 33.1 Å². The van der Waals surface area contributed by atoms with Crippen LogP contribution < -0.4 is 4.74 Å². The Morgan fingerprint density at radius 2 is 1.40 bits per heavy atom. The SMILES string of the molecule is CCCc1ccc(-c2ccc(OC(=O)c3ccc(-c4ccc(CC)c(F)c4)cc3)c(F)c2F)cc1. The highest BCUT2D eigenvalue weighted by Crippen LogP contribution is 2.31. The minimum atomic E-state index is -1.23. The summed E-state index contributed by atoms with van der Waals surface area (Å²) >= 11 is 0. The van der Waals surface area contributed by atoms with Crippen LogP contribution in [0.3, 0.4) is 0 Å². The van der Waals surface area contributed by atoms with Crippen LogP contribution in [0, 0.1) is 17.5 Å². The van der Waals surface area contributed by atoms with E-state index in [9.17, 15) is 18.0 Å². The molecule has 35 heavy (non-hydrogen) atoms. The molecule has 0 amide bonds. The molecule has 0 saturated heterocycles. The minimum Gasteiger partial charge on any atom is -0.420 e. The maximum Gasteiger partial charge on any atom is 0.343 e. The van der Waals surface area contributed by atoms with Crippen LogP contribution in [0.4, 0.5) is 13.2 Å². The van der Waals surface area contributed by atoms with Gasteiger partial charge in [0.15, 0.2) is 11.6 Å². The summed E-state index contributed by atoms with van der Waals surface area (Å²) in [6.45, 7) is 3.95. The molecule has 4 aromatic rings. The van der Waals surface area contributed by atoms with E-state index in [1.54, 1.807) is 30.3 Å². The number of benzene rings is 4. The molecular formula is C30H25F3O2. The number of ether oxygens (including phenoxy) is 1. The van der Waals surface area contributed by atoms with Crippen molar-refractivity contribution in [2.24, 2.45) is 0 Å². The lowest BCUT2D eigenvalue weighted by molar-refractivity contribution is 0.0727. The van der Waals surface area contributed by atoms with E-state index in [1.807, 2.05) is 25.1 Å². The minimum absolute atomic E-state index is 0.0935. The molecule has 0 fully saturated rings. The van der Waals surface area contributed by atoms with Crippen molar-refractivity contribution in [1.82, 2.24) is 0 Å². The van der Waals surface area contributed by atoms with Crippen molar-refractivity contribution in [3.63, 3.8) is 0 Å². The smallest absolute Gasteiger partial charge is 0.343 e. The monoisotopic (exact) mass is 474 g/mol. The van der Waals surface area contributed by atoms with Crippen LogP contribution >= 0.6 is 0 Å². The summed E-state index contributed by atoms with van der Waals surface area (Å²) in [6, 6.07) is 21.2. The highest BCUT2D eigenvalue weighted by atomic mass is 19.2. The molecule has 0 saturated carbocycles. The molecule has 0 spiro atoms. The summed E-state index contributed by atoms with van der Waals surface area (Å²) < 4.78 is 48.7. The lowest BCUT2D eigenvalue weighted by atomic mass is 10.0. The third-order valence-corrected chi connectivity index (χ3v) is 5.94. The summed E-state index contributed by atoms with van der Waals surface area (Å²) in [4.78, 5) is 12.5. The Labute approximate surface area is 203 Å². The molecular weight excluding hydrogens is 449 g/mol. The predicted octanol–water partition coefficient (Wildman–Crippen LogP) is 8.17. The van der Waals surface area contributed by atoms with Crippen molar-refractivity contribution >= 4 is 5.97 Å². The van der Waals surface area contributed by atoms with Crippen molar-refractivity contribution in [3.05, 3.63) is 113 Å². The lowest BCUT2D eigenvalue weighted by Crippen LogP contribution is -2.10. The zero-order valence-corrected chi connectivity index (χ0v) is 19.6. The number of aryl methyl sites for hydroxylation is 2. The predicted molar refractivity (Wildman–Crippen MR) is 132 cm³/mol. The maximum atomic E-state index is 14.8. The second-order valence-electron chi connectivity index (χ2n) is 8.31. The van der Waals surface area contributed by atoms with Gasteiger partial charge in [0.1, 0.15) is 5.82 Å². The van der Waals surface area contributed by atoms with Crippen LogP contribution in [0.2, 0.25) is 0 Å². The average Bonchev–Trinajstić information content (AvgIpc) is 2.88. The first-order chi connectivity index (χ1) is 16.9. The number of rotatable bonds is 7. The quantitative estimate of drug-likeness (QED) is 0.199. The summed E-state index contributed by atoms with van der Waals surface area (Å²) in [6.07, 6.45) is 2.50. The fourth-order valence-corrected chi connectivity index (χ4v) is 3.94. The molecule has 0 atom stereocenters. The first-order valence-electron chi connectivity index (χ1n) is 11.6. The molecule has 2 nitrogen and oxygen atoms in total. The zero-order chi connectivity index (χ0) is 24.9. The van der Waals surface area contributed by atoms with Gasteiger partial charge in [0.2, 0.25) is 5.82 Å². The molecule has 0 unspecified atom stereocenters. The van der Waals surface area contributed by atoms with Crippen molar-refractivity contribution in [3.8, 4) is 28.0 Å². The number of esters is 1. The molecule has 4 aromatic carbocycles. The second-order valence-corrected chi connectivity index (χ2v) is 8.31. The van der Waals surface area contributed by atoms with Crippen LogP contribution in [-0.2, 0) is 12.8 Å². The topological polar surface area (TPSA) is 26.3 Å². The summed E-state index contributed by atoms with van der Waals surface area (Å²) in [5, 5.41) is 0. The van der Waals surface area contributed by atoms with Gasteiger partial charge in [-0.3, -0.25) is 0 Å². The summed E-state index contributed by atoms with van der Waals surface area (Å²) in [5.74, 6) is -3.89. The van der Waals surface area contributed by atoms with Gasteiger partial charge in [-0.1, -0.05) is 68.8 Å². The van der Waals surface area contributed by atoms with E-state index in [2.05, 4.69) is 6.92 Å². The zero-order valence-electron chi connectivity index (χ0n) is 19.6. The Morgan fingerprint density at radius 3 is 2.03 bits per heavy atom. The van der Waals surface area contributed by atoms with Gasteiger partial charge in [-0.25, -0.2) is 13.6 Å². The Kier molecular flexibility index (Phi) is 7.35. The van der Waals surface area contributed by atoms with Crippen molar-refractivity contribution in [1.29, 1.82) is 0 Å². The molecule has 0 radical (unpaired) electrons. The van der Waals surface area contributed by atoms with E-state index in [1.165, 1.54) is 30.3 Å². The Morgan fingerprint density at radius 1 is 0.743 bits per heavy atom. The maximum absolute atomic E-state index is 14.8. The number of carbonyl (C=O) groups is 1. The Bertz CT molecular complexity index is 1340. The van der Waals surface area contributed by atoms with E-state index in [0.29, 0.717) is 23.1 Å². The van der Waals surface area contributed by atoms with Crippen molar-refractivity contribution in [2.75, 3.05) is 0 Å². The summed E-state index contributed by atoms with van der Waals surface area (Å²) in [5.41, 5.74) is 3.93. The van der Waals surface area contributed by atoms with Gasteiger partial charge in [0, 0.05) is 5.56 Å². The largest absolute Gasteiger partial charge is 0.420 e. The van der Waals surface area contributed by atoms with Crippen LogP contribution in [0.1, 0.15) is 41.8 Å². The molecule has 0 N–H and O–H groups in total. The molecule has 0 aliphatic rings. The van der Waals surface area contributed by atoms with Crippen LogP contribution in [0.25, 0.3) is 22.3 Å². The van der Waals surface area contributed by atoms with Gasteiger partial charge >= 0.3 is 5.97 Å².